The topological polar surface area (TPSA) is 242 Å². The molecule has 0 aromatic carbocycles. The van der Waals surface area contributed by atoms with Crippen LogP contribution in [0.1, 0.15) is 31.9 Å². The number of hydrogen-bond donors (Lipinski definition) is 3. The van der Waals surface area contributed by atoms with Gasteiger partial charge in [-0.1, -0.05) is 0 Å². The molecule has 0 spiro atoms. The Balaban J connectivity index is 1.37. The first-order valence-electron chi connectivity index (χ1n) is 14.7. The molecule has 0 radical (unpaired) electrons. The highest BCUT2D eigenvalue weighted by Crippen LogP contribution is 2.55. The summed E-state index contributed by atoms with van der Waals surface area (Å²) in [5, 5.41) is 19.1. The molecule has 19 nitrogen and oxygen atoms in total. The molecule has 8 atom stereocenters. The van der Waals surface area contributed by atoms with Crippen LogP contribution in [0.4, 0.5) is 5.95 Å². The summed E-state index contributed by atoms with van der Waals surface area (Å²) in [7, 11) is 0.595. The fraction of sp³-hybridized carbons (Fsp3) is 0.577. The average Bonchev–Trinajstić information content (AvgIpc) is 3.76. The lowest BCUT2D eigenvalue weighted by molar-refractivity contribution is -0.0480. The third-order valence-corrected chi connectivity index (χ3v) is 10.1. The number of fused-ring (bicyclic) bond motifs is 1. The lowest BCUT2D eigenvalue weighted by Crippen LogP contribution is -2.25. The first-order chi connectivity index (χ1) is 23.1. The highest BCUT2D eigenvalue weighted by molar-refractivity contribution is 8.07. The summed E-state index contributed by atoms with van der Waals surface area (Å²) >= 11 is 5.80. The normalized spacial score (nSPS) is 25.7. The number of aliphatic hydroxyl groups excluding tert-OH is 1. The van der Waals surface area contributed by atoms with E-state index in [1.807, 2.05) is 6.07 Å². The minimum Gasteiger partial charge on any atom is -0.474 e. The molecule has 22 heteroatoms. The maximum absolute atomic E-state index is 12.8. The highest BCUT2D eigenvalue weighted by atomic mass is 32.5. The predicted octanol–water partition coefficient (Wildman–Crippen LogP) is 1.86. The highest BCUT2D eigenvalue weighted by Gasteiger charge is 2.45. The summed E-state index contributed by atoms with van der Waals surface area (Å²) < 4.78 is 48.8. The van der Waals surface area contributed by atoms with E-state index in [2.05, 4.69) is 29.9 Å². The van der Waals surface area contributed by atoms with Gasteiger partial charge in [0.15, 0.2) is 17.4 Å². The molecule has 3 aromatic rings. The number of nitriles is 1. The van der Waals surface area contributed by atoms with Crippen LogP contribution in [-0.4, -0.2) is 109 Å². The molecule has 1 aliphatic carbocycles. The van der Waals surface area contributed by atoms with Crippen molar-refractivity contribution in [2.45, 2.75) is 56.3 Å². The molecule has 1 saturated heterocycles. The van der Waals surface area contributed by atoms with Crippen LogP contribution < -0.4 is 10.3 Å². The number of aromatic amines is 1. The number of rotatable bonds is 16. The maximum atomic E-state index is 12.8. The largest absolute Gasteiger partial charge is 0.695 e. The van der Waals surface area contributed by atoms with Crippen molar-refractivity contribution in [1.82, 2.24) is 34.4 Å². The Labute approximate surface area is 280 Å². The Morgan fingerprint density at radius 1 is 1.31 bits per heavy atom. The Morgan fingerprint density at radius 3 is 2.85 bits per heavy atom. The summed E-state index contributed by atoms with van der Waals surface area (Å²) in [5.41, 5.74) is -0.338. The molecule has 1 aliphatic heterocycles. The molecule has 1 unspecified atom stereocenters. The van der Waals surface area contributed by atoms with Crippen LogP contribution in [0.3, 0.4) is 0 Å². The fourth-order valence-corrected chi connectivity index (χ4v) is 7.87. The molecule has 4 heterocycles. The molecule has 258 valence electrons. The zero-order valence-electron chi connectivity index (χ0n) is 25.8. The molecule has 48 heavy (non-hydrogen) atoms. The monoisotopic (exact) mass is 726 g/mol. The lowest BCUT2D eigenvalue weighted by Gasteiger charge is -2.28. The number of aliphatic imine (C=N–C) groups is 1. The Bertz CT molecular complexity index is 1740. The second kappa shape index (κ2) is 16.4. The van der Waals surface area contributed by atoms with Crippen LogP contribution >= 0.6 is 15.0 Å². The third kappa shape index (κ3) is 9.21. The van der Waals surface area contributed by atoms with Crippen LogP contribution in [0.25, 0.3) is 11.2 Å². The van der Waals surface area contributed by atoms with Crippen molar-refractivity contribution in [2.24, 2.45) is 10.9 Å². The number of H-pyrrole nitrogens is 1. The first kappa shape index (κ1) is 36.0. The van der Waals surface area contributed by atoms with Crippen LogP contribution in [0, 0.1) is 17.2 Å². The van der Waals surface area contributed by atoms with E-state index in [1.165, 1.54) is 29.8 Å². The molecule has 0 amide bonds. The molecule has 5 rings (SSSR count). The number of aliphatic hydroxyl groups is 1. The molecular weight excluding hydrogens is 692 g/mol. The number of aromatic nitrogens is 6. The van der Waals surface area contributed by atoms with Crippen molar-refractivity contribution >= 4 is 50.2 Å². The number of ether oxygens (including phenoxy) is 2. The van der Waals surface area contributed by atoms with Crippen molar-refractivity contribution in [3.05, 3.63) is 35.3 Å². The van der Waals surface area contributed by atoms with Crippen molar-refractivity contribution in [3.63, 3.8) is 0 Å². The summed E-state index contributed by atoms with van der Waals surface area (Å²) in [6.45, 7) is -4.20. The van der Waals surface area contributed by atoms with Crippen LogP contribution in [0.15, 0.2) is 34.7 Å². The van der Waals surface area contributed by atoms with Gasteiger partial charge in [0, 0.05) is 49.7 Å². The van der Waals surface area contributed by atoms with Crippen LogP contribution in [0.2, 0.25) is 0 Å². The van der Waals surface area contributed by atoms with Crippen molar-refractivity contribution in [3.8, 4) is 11.9 Å². The molecule has 1 saturated carbocycles. The summed E-state index contributed by atoms with van der Waals surface area (Å²) in [6.07, 6.45) is 2.85. The molecule has 0 bridgehead atoms. The Morgan fingerprint density at radius 2 is 2.15 bits per heavy atom. The van der Waals surface area contributed by atoms with Gasteiger partial charge in [0.25, 0.3) is 5.56 Å². The lowest BCUT2D eigenvalue weighted by atomic mass is 10.1. The third-order valence-electron chi connectivity index (χ3n) is 7.28. The SMILES string of the molecule is CN(C)C=Nc1nc2c(ncn2[C@@H]2O[C@H](CO)C[C@H]2O[P@](=S)(OCCC#N)OC[C@H]2C[C@@H](Oc3ccncn3)C[C@@H]2O[P+](=O)O)c(=O)[nH]1. The number of nitrogens with zero attached hydrogens (tertiary/aromatic N) is 8. The van der Waals surface area contributed by atoms with Crippen molar-refractivity contribution in [2.75, 3.05) is 33.9 Å². The predicted molar refractivity (Wildman–Crippen MR) is 171 cm³/mol. The van der Waals surface area contributed by atoms with Gasteiger partial charge in [0.1, 0.15) is 24.6 Å². The molecule has 2 fully saturated rings. The van der Waals surface area contributed by atoms with Gasteiger partial charge >= 0.3 is 15.0 Å². The minimum atomic E-state index is -3.66. The molecule has 3 N–H and O–H groups in total. The van der Waals surface area contributed by atoms with Gasteiger partial charge in [-0.15, -0.1) is 9.42 Å². The summed E-state index contributed by atoms with van der Waals surface area (Å²) in [5.74, 6) is -0.0860. The zero-order valence-corrected chi connectivity index (χ0v) is 28.4. The van der Waals surface area contributed by atoms with E-state index in [0.29, 0.717) is 12.3 Å². The van der Waals surface area contributed by atoms with E-state index in [-0.39, 0.29) is 56.2 Å². The first-order valence-corrected chi connectivity index (χ1v) is 18.4. The van der Waals surface area contributed by atoms with Crippen molar-refractivity contribution in [1.29, 1.82) is 5.26 Å². The van der Waals surface area contributed by atoms with Gasteiger partial charge in [0.2, 0.25) is 11.8 Å². The summed E-state index contributed by atoms with van der Waals surface area (Å²) in [6, 6.07) is 3.58. The van der Waals surface area contributed by atoms with Gasteiger partial charge in [-0.2, -0.15) is 10.2 Å². The molecule has 2 aliphatic rings. The summed E-state index contributed by atoms with van der Waals surface area (Å²) in [4.78, 5) is 47.3. The van der Waals surface area contributed by atoms with Crippen LogP contribution in [0.5, 0.6) is 5.88 Å². The minimum absolute atomic E-state index is 0.000925. The van der Waals surface area contributed by atoms with E-state index >= 15 is 0 Å². The second-order valence-corrected chi connectivity index (χ2v) is 14.7. The van der Waals surface area contributed by atoms with Gasteiger partial charge in [-0.05, 0) is 18.2 Å². The van der Waals surface area contributed by atoms with E-state index < -0.39 is 57.1 Å². The van der Waals surface area contributed by atoms with Gasteiger partial charge < -0.3 is 33.1 Å². The van der Waals surface area contributed by atoms with E-state index in [0.717, 1.165) is 0 Å². The fourth-order valence-electron chi connectivity index (χ4n) is 5.23. The van der Waals surface area contributed by atoms with Crippen LogP contribution in [-0.2, 0) is 39.2 Å². The molecule has 3 aromatic heterocycles. The smallest absolute Gasteiger partial charge is 0.474 e. The Hall–Kier alpha value is -3.34. The van der Waals surface area contributed by atoms with Crippen molar-refractivity contribution < 1.29 is 42.1 Å². The van der Waals surface area contributed by atoms with E-state index in [1.54, 1.807) is 25.1 Å². The quantitative estimate of drug-likeness (QED) is 0.0825. The van der Waals surface area contributed by atoms with Gasteiger partial charge in [0.05, 0.1) is 51.1 Å². The number of hydrogen-bond acceptors (Lipinski definition) is 16. The van der Waals surface area contributed by atoms with E-state index in [9.17, 15) is 19.4 Å². The van der Waals surface area contributed by atoms with Gasteiger partial charge in [-0.25, -0.2) is 19.9 Å². The van der Waals surface area contributed by atoms with Gasteiger partial charge in [-0.3, -0.25) is 14.3 Å². The zero-order chi connectivity index (χ0) is 34.3. The maximum Gasteiger partial charge on any atom is 0.695 e. The number of nitrogens with one attached hydrogen (secondary N) is 1. The van der Waals surface area contributed by atoms with E-state index in [4.69, 9.17) is 44.6 Å². The average molecular weight is 727 g/mol. The Kier molecular flexibility index (Phi) is 12.3. The standard InChI is InChI=1S/C26H33N9O10P2S/c1-34(2)14-31-26-32-23-22(24(37)33-26)30-15-35(23)25-20(10-18(11-36)43-25)45-47(48,40-7-3-5-27)41-12-16-8-17(9-19(16)44-46(38)39)42-21-4-6-28-13-29-21/h4,6,13-20,25,36H,3,7-12H2,1-2H3,(H-,32,33,37,38,39)/p+1/t16-,17-,18+,19+,20-,25-,47+/m1/s1. The number of imidazole rings is 1. The second-order valence-electron chi connectivity index (χ2n) is 11.0. The molecular formula is C26H34N9O10P2S+.